The summed E-state index contributed by atoms with van der Waals surface area (Å²) < 4.78 is 0. The van der Waals surface area contributed by atoms with Gasteiger partial charge in [-0.25, -0.2) is 0 Å². The molecule has 0 fully saturated rings. The van der Waals surface area contributed by atoms with E-state index in [9.17, 15) is 0 Å². The van der Waals surface area contributed by atoms with Crippen LogP contribution < -0.4 is 0 Å². The third kappa shape index (κ3) is 2.33. The number of benzene rings is 2. The van der Waals surface area contributed by atoms with Crippen LogP contribution in [0.25, 0.3) is 10.8 Å². The zero-order valence-electron chi connectivity index (χ0n) is 9.71. The Hall–Kier alpha value is -1.19. The van der Waals surface area contributed by atoms with E-state index in [0.717, 1.165) is 6.42 Å². The number of hydrogen-bond acceptors (Lipinski definition) is 2. The van der Waals surface area contributed by atoms with Gasteiger partial charge in [0, 0.05) is 11.1 Å². The molecule has 1 nitrogen and oxygen atoms in total. The molecule has 0 aliphatic rings. The number of alkyl halides is 1. The predicted octanol–water partition coefficient (Wildman–Crippen LogP) is 4.98. The molecule has 3 heteroatoms. The second kappa shape index (κ2) is 5.21. The fourth-order valence-corrected chi connectivity index (χ4v) is 3.53. The van der Waals surface area contributed by atoms with Crippen LogP contribution in [0.1, 0.15) is 15.3 Å². The largest absolute Gasteiger partial charge is 0.253 e. The molecule has 0 aliphatic carbocycles. The minimum atomic E-state index is 0.343. The summed E-state index contributed by atoms with van der Waals surface area (Å²) in [5, 5.41) is 2.65. The van der Waals surface area contributed by atoms with Gasteiger partial charge < -0.3 is 0 Å². The van der Waals surface area contributed by atoms with Crippen molar-refractivity contribution in [1.82, 2.24) is 4.98 Å². The first-order valence-corrected chi connectivity index (χ1v) is 7.63. The Kier molecular flexibility index (Phi) is 3.43. The van der Waals surface area contributed by atoms with Crippen LogP contribution in [0.15, 0.2) is 54.2 Å². The number of fused-ring (bicyclic) bond motifs is 1. The molecule has 0 saturated heterocycles. The van der Waals surface area contributed by atoms with Crippen LogP contribution in [0, 0.1) is 0 Å². The number of hydrogen-bond donors (Lipinski definition) is 0. The summed E-state index contributed by atoms with van der Waals surface area (Å²) >= 11 is 5.46. The first-order valence-electron chi connectivity index (χ1n) is 5.83. The van der Waals surface area contributed by atoms with Crippen molar-refractivity contribution < 1.29 is 0 Å². The molecule has 0 N–H and O–H groups in total. The fraction of sp³-hybridized carbons (Fsp3) is 0.133. The summed E-state index contributed by atoms with van der Waals surface area (Å²) in [5.74, 6) is 0. The zero-order valence-corrected chi connectivity index (χ0v) is 12.1. The van der Waals surface area contributed by atoms with Gasteiger partial charge in [0.2, 0.25) is 0 Å². The Morgan fingerprint density at radius 1 is 1.11 bits per heavy atom. The Morgan fingerprint density at radius 3 is 2.78 bits per heavy atom. The van der Waals surface area contributed by atoms with E-state index in [-0.39, 0.29) is 0 Å². The normalized spacial score (nSPS) is 12.7. The lowest BCUT2D eigenvalue weighted by atomic mass is 10.0. The SMILES string of the molecule is BrC(Cc1cccc2ccccc12)c1cncs1. The van der Waals surface area contributed by atoms with Gasteiger partial charge in [0.15, 0.2) is 0 Å². The summed E-state index contributed by atoms with van der Waals surface area (Å²) in [6.07, 6.45) is 2.93. The highest BCUT2D eigenvalue weighted by molar-refractivity contribution is 9.09. The van der Waals surface area contributed by atoms with Crippen LogP contribution in [0.5, 0.6) is 0 Å². The highest BCUT2D eigenvalue weighted by Gasteiger charge is 2.11. The van der Waals surface area contributed by atoms with E-state index in [2.05, 4.69) is 63.4 Å². The van der Waals surface area contributed by atoms with Gasteiger partial charge >= 0.3 is 0 Å². The summed E-state index contributed by atoms with van der Waals surface area (Å²) in [5.41, 5.74) is 3.26. The van der Waals surface area contributed by atoms with Gasteiger partial charge in [-0.15, -0.1) is 11.3 Å². The van der Waals surface area contributed by atoms with Crippen molar-refractivity contribution in [1.29, 1.82) is 0 Å². The zero-order chi connectivity index (χ0) is 12.4. The molecule has 1 heterocycles. The first kappa shape index (κ1) is 11.9. The molecule has 0 saturated carbocycles. The van der Waals surface area contributed by atoms with Crippen molar-refractivity contribution in [2.24, 2.45) is 0 Å². The molecular weight excluding hydrogens is 306 g/mol. The molecule has 90 valence electrons. The molecule has 0 aliphatic heterocycles. The van der Waals surface area contributed by atoms with Crippen molar-refractivity contribution in [3.63, 3.8) is 0 Å². The standard InChI is InChI=1S/C15H12BrNS/c16-14(15-9-17-10-18-15)8-12-6-3-5-11-4-1-2-7-13(11)12/h1-7,9-10,14H,8H2. The van der Waals surface area contributed by atoms with Crippen LogP contribution in [0.3, 0.4) is 0 Å². The van der Waals surface area contributed by atoms with Gasteiger partial charge in [-0.05, 0) is 22.8 Å². The topological polar surface area (TPSA) is 12.9 Å². The molecule has 1 aromatic heterocycles. The monoisotopic (exact) mass is 317 g/mol. The van der Waals surface area contributed by atoms with Crippen LogP contribution in [-0.2, 0) is 6.42 Å². The van der Waals surface area contributed by atoms with Crippen LogP contribution in [0.2, 0.25) is 0 Å². The van der Waals surface area contributed by atoms with Crippen LogP contribution in [-0.4, -0.2) is 4.98 Å². The van der Waals surface area contributed by atoms with E-state index >= 15 is 0 Å². The van der Waals surface area contributed by atoms with Gasteiger partial charge in [0.25, 0.3) is 0 Å². The van der Waals surface area contributed by atoms with Crippen LogP contribution in [0.4, 0.5) is 0 Å². The van der Waals surface area contributed by atoms with Crippen molar-refractivity contribution in [2.75, 3.05) is 0 Å². The van der Waals surface area contributed by atoms with Gasteiger partial charge in [-0.2, -0.15) is 0 Å². The van der Waals surface area contributed by atoms with E-state index in [4.69, 9.17) is 0 Å². The molecule has 0 spiro atoms. The number of aromatic nitrogens is 1. The number of rotatable bonds is 3. The third-order valence-corrected chi connectivity index (χ3v) is 5.05. The van der Waals surface area contributed by atoms with Crippen molar-refractivity contribution >= 4 is 38.0 Å². The quantitative estimate of drug-likeness (QED) is 0.621. The molecule has 0 amide bonds. The van der Waals surface area contributed by atoms with Crippen LogP contribution >= 0.6 is 27.3 Å². The molecule has 2 aromatic carbocycles. The van der Waals surface area contributed by atoms with E-state index in [1.807, 2.05) is 11.7 Å². The second-order valence-corrected chi connectivity index (χ2v) is 6.24. The maximum atomic E-state index is 4.14. The van der Waals surface area contributed by atoms with Crippen molar-refractivity contribution in [3.05, 3.63) is 64.6 Å². The summed E-state index contributed by atoms with van der Waals surface area (Å²) in [7, 11) is 0. The van der Waals surface area contributed by atoms with E-state index in [1.54, 1.807) is 11.3 Å². The summed E-state index contributed by atoms with van der Waals surface area (Å²) in [4.78, 5) is 5.76. The minimum absolute atomic E-state index is 0.343. The summed E-state index contributed by atoms with van der Waals surface area (Å²) in [6.45, 7) is 0. The van der Waals surface area contributed by atoms with E-state index < -0.39 is 0 Å². The van der Waals surface area contributed by atoms with E-state index in [0.29, 0.717) is 4.83 Å². The lowest BCUT2D eigenvalue weighted by molar-refractivity contribution is 0.974. The molecule has 3 aromatic rings. The lowest BCUT2D eigenvalue weighted by Crippen LogP contribution is -1.94. The van der Waals surface area contributed by atoms with Crippen molar-refractivity contribution in [2.45, 2.75) is 11.2 Å². The predicted molar refractivity (Wildman–Crippen MR) is 81.4 cm³/mol. The number of nitrogens with zero attached hydrogens (tertiary/aromatic N) is 1. The Balaban J connectivity index is 1.95. The molecular formula is C15H12BrNS. The van der Waals surface area contributed by atoms with Gasteiger partial charge in [0.05, 0.1) is 10.3 Å². The molecule has 1 atom stereocenters. The minimum Gasteiger partial charge on any atom is -0.253 e. The first-order chi connectivity index (χ1) is 8.84. The highest BCUT2D eigenvalue weighted by atomic mass is 79.9. The third-order valence-electron chi connectivity index (χ3n) is 3.04. The molecule has 1 unspecified atom stereocenters. The van der Waals surface area contributed by atoms with Gasteiger partial charge in [-0.1, -0.05) is 58.4 Å². The molecule has 0 radical (unpaired) electrons. The van der Waals surface area contributed by atoms with Gasteiger partial charge in [0.1, 0.15) is 0 Å². The van der Waals surface area contributed by atoms with E-state index in [1.165, 1.54) is 21.2 Å². The van der Waals surface area contributed by atoms with Crippen molar-refractivity contribution in [3.8, 4) is 0 Å². The second-order valence-electron chi connectivity index (χ2n) is 4.21. The maximum Gasteiger partial charge on any atom is 0.0794 e. The average Bonchev–Trinajstić information content (AvgIpc) is 2.93. The maximum absolute atomic E-state index is 4.14. The molecule has 3 rings (SSSR count). The molecule has 0 bridgehead atoms. The number of thiazole rings is 1. The Labute approximate surface area is 119 Å². The number of halogens is 1. The Bertz CT molecular complexity index is 643. The van der Waals surface area contributed by atoms with Gasteiger partial charge in [-0.3, -0.25) is 4.98 Å². The average molecular weight is 318 g/mol. The lowest BCUT2D eigenvalue weighted by Gasteiger charge is -2.10. The Morgan fingerprint density at radius 2 is 1.94 bits per heavy atom. The summed E-state index contributed by atoms with van der Waals surface area (Å²) in [6, 6.07) is 15.0. The fourth-order valence-electron chi connectivity index (χ4n) is 2.14. The highest BCUT2D eigenvalue weighted by Crippen LogP contribution is 2.31. The smallest absolute Gasteiger partial charge is 0.0794 e. The molecule has 18 heavy (non-hydrogen) atoms.